The minimum Gasteiger partial charge on any atom is -0.476 e. The number of carbonyl (C=O) groups excluding carboxylic acids is 1. The van der Waals surface area contributed by atoms with Crippen LogP contribution in [-0.4, -0.2) is 41.7 Å². The summed E-state index contributed by atoms with van der Waals surface area (Å²) in [5.41, 5.74) is 0.717. The van der Waals surface area contributed by atoms with E-state index in [0.717, 1.165) is 5.56 Å². The van der Waals surface area contributed by atoms with E-state index in [-0.39, 0.29) is 28.2 Å². The number of rotatable bonds is 7. The molecule has 3 rings (SSSR count). The molecule has 9 heteroatoms. The van der Waals surface area contributed by atoms with E-state index >= 15 is 0 Å². The van der Waals surface area contributed by atoms with Crippen LogP contribution in [-0.2, 0) is 15.6 Å². The first-order chi connectivity index (χ1) is 13.5. The molecule has 2 atom stereocenters. The summed E-state index contributed by atoms with van der Waals surface area (Å²) >= 11 is 0. The van der Waals surface area contributed by atoms with Crippen molar-refractivity contribution in [3.63, 3.8) is 0 Å². The fraction of sp³-hybridized carbons (Fsp3) is 0.158. The molecule has 2 aromatic heterocycles. The van der Waals surface area contributed by atoms with Crippen molar-refractivity contribution in [3.8, 4) is 0 Å². The second-order valence-electron chi connectivity index (χ2n) is 5.97. The molecule has 2 unspecified atom stereocenters. The number of pyridine rings is 1. The van der Waals surface area contributed by atoms with Gasteiger partial charge in [-0.2, -0.15) is 5.10 Å². The molecule has 0 aliphatic heterocycles. The van der Waals surface area contributed by atoms with Crippen molar-refractivity contribution in [3.05, 3.63) is 72.2 Å². The highest BCUT2D eigenvalue weighted by Gasteiger charge is 2.21. The summed E-state index contributed by atoms with van der Waals surface area (Å²) in [7, 11) is -1.63. The maximum atomic E-state index is 12.3. The Kier molecular flexibility index (Phi) is 5.95. The number of nitrogens with one attached hydrogen (secondary N) is 1. The monoisotopic (exact) mass is 398 g/mol. The Morgan fingerprint density at radius 1 is 1.18 bits per heavy atom. The Bertz CT molecular complexity index is 1010. The zero-order chi connectivity index (χ0) is 20.1. The van der Waals surface area contributed by atoms with Crippen LogP contribution in [0.4, 0.5) is 5.69 Å². The third kappa shape index (κ3) is 4.49. The number of nitrogens with zero attached hydrogens (tertiary/aromatic N) is 3. The van der Waals surface area contributed by atoms with Crippen LogP contribution in [0.25, 0.3) is 0 Å². The van der Waals surface area contributed by atoms with Gasteiger partial charge in [0.2, 0.25) is 5.91 Å². The molecule has 0 aliphatic rings. The van der Waals surface area contributed by atoms with Gasteiger partial charge in [0.1, 0.15) is 10.8 Å². The number of anilines is 1. The van der Waals surface area contributed by atoms with E-state index < -0.39 is 22.7 Å². The third-order valence-corrected chi connectivity index (χ3v) is 5.25. The lowest BCUT2D eigenvalue weighted by Crippen LogP contribution is -2.21. The lowest BCUT2D eigenvalue weighted by atomic mass is 10.1. The Labute approximate surface area is 163 Å². The van der Waals surface area contributed by atoms with Gasteiger partial charge >= 0.3 is 5.97 Å². The topological polar surface area (TPSA) is 114 Å². The summed E-state index contributed by atoms with van der Waals surface area (Å²) in [4.78, 5) is 27.7. The molecule has 0 spiro atoms. The summed E-state index contributed by atoms with van der Waals surface area (Å²) in [6.45, 7) is 1.87. The van der Waals surface area contributed by atoms with Gasteiger partial charge in [0.25, 0.3) is 0 Å². The molecule has 2 heterocycles. The second-order valence-corrected chi connectivity index (χ2v) is 7.37. The van der Waals surface area contributed by atoms with E-state index in [4.69, 9.17) is 0 Å². The standard InChI is InChI=1S/C19H18N4O4S/c1-13(14-7-3-2-4-8-14)23-11-15(18(22-23)19(25)26)21-16(24)12-28(27)17-9-5-6-10-20-17/h2-11,13H,12H2,1H3,(H,21,24)(H,25,26). The van der Waals surface area contributed by atoms with Crippen molar-refractivity contribution in [1.82, 2.24) is 14.8 Å². The summed E-state index contributed by atoms with van der Waals surface area (Å²) in [5, 5.41) is 16.3. The third-order valence-electron chi connectivity index (χ3n) is 4.02. The molecule has 0 aliphatic carbocycles. The Morgan fingerprint density at radius 2 is 1.89 bits per heavy atom. The Morgan fingerprint density at radius 3 is 2.54 bits per heavy atom. The first kappa shape index (κ1) is 19.4. The van der Waals surface area contributed by atoms with E-state index in [1.54, 1.807) is 18.2 Å². The quantitative estimate of drug-likeness (QED) is 0.631. The normalized spacial score (nSPS) is 12.9. The molecule has 0 bridgehead atoms. The van der Waals surface area contributed by atoms with Crippen LogP contribution in [0.3, 0.4) is 0 Å². The van der Waals surface area contributed by atoms with E-state index in [1.807, 2.05) is 37.3 Å². The molecule has 144 valence electrons. The average molecular weight is 398 g/mol. The van der Waals surface area contributed by atoms with Crippen molar-refractivity contribution < 1.29 is 18.9 Å². The fourth-order valence-electron chi connectivity index (χ4n) is 2.58. The number of aromatic nitrogens is 3. The van der Waals surface area contributed by atoms with Crippen LogP contribution < -0.4 is 5.32 Å². The summed E-state index contributed by atoms with van der Waals surface area (Å²) in [6.07, 6.45) is 2.95. The minimum absolute atomic E-state index is 0.0540. The molecule has 0 fully saturated rings. The summed E-state index contributed by atoms with van der Waals surface area (Å²) in [6, 6.07) is 14.1. The molecule has 0 saturated heterocycles. The number of carboxylic acids is 1. The van der Waals surface area contributed by atoms with Crippen LogP contribution in [0.5, 0.6) is 0 Å². The molecule has 1 aromatic carbocycles. The molecule has 2 N–H and O–H groups in total. The van der Waals surface area contributed by atoms with Gasteiger partial charge in [0, 0.05) is 6.20 Å². The largest absolute Gasteiger partial charge is 0.476 e. The molecular formula is C19H18N4O4S. The van der Waals surface area contributed by atoms with Gasteiger partial charge in [-0.15, -0.1) is 0 Å². The van der Waals surface area contributed by atoms with Crippen LogP contribution in [0, 0.1) is 0 Å². The Hall–Kier alpha value is -3.33. The maximum Gasteiger partial charge on any atom is 0.358 e. The summed E-state index contributed by atoms with van der Waals surface area (Å²) < 4.78 is 13.7. The first-order valence-corrected chi connectivity index (χ1v) is 9.74. The number of amides is 1. The highest BCUT2D eigenvalue weighted by molar-refractivity contribution is 7.85. The highest BCUT2D eigenvalue weighted by atomic mass is 32.2. The van der Waals surface area contributed by atoms with E-state index in [0.29, 0.717) is 0 Å². The zero-order valence-electron chi connectivity index (χ0n) is 15.0. The minimum atomic E-state index is -1.63. The molecule has 1 amide bonds. The predicted octanol–water partition coefficient (Wildman–Crippen LogP) is 2.33. The molecule has 0 radical (unpaired) electrons. The SMILES string of the molecule is CC(c1ccccc1)n1cc(NC(=O)CS(=O)c2ccccn2)c(C(=O)O)n1. The van der Waals surface area contributed by atoms with Gasteiger partial charge in [-0.05, 0) is 24.6 Å². The van der Waals surface area contributed by atoms with Gasteiger partial charge in [-0.1, -0.05) is 36.4 Å². The van der Waals surface area contributed by atoms with Crippen molar-refractivity contribution in [2.24, 2.45) is 0 Å². The maximum absolute atomic E-state index is 12.3. The lowest BCUT2D eigenvalue weighted by Gasteiger charge is -2.12. The van der Waals surface area contributed by atoms with Crippen LogP contribution >= 0.6 is 0 Å². The van der Waals surface area contributed by atoms with Crippen molar-refractivity contribution in [2.45, 2.75) is 18.0 Å². The molecular weight excluding hydrogens is 380 g/mol. The van der Waals surface area contributed by atoms with Gasteiger partial charge in [0.05, 0.1) is 28.7 Å². The number of aromatic carboxylic acids is 1. The van der Waals surface area contributed by atoms with Crippen LogP contribution in [0.1, 0.15) is 29.0 Å². The van der Waals surface area contributed by atoms with E-state index in [2.05, 4.69) is 15.4 Å². The highest BCUT2D eigenvalue weighted by Crippen LogP contribution is 2.22. The fourth-order valence-corrected chi connectivity index (χ4v) is 3.45. The zero-order valence-corrected chi connectivity index (χ0v) is 15.8. The molecule has 3 aromatic rings. The van der Waals surface area contributed by atoms with E-state index in [1.165, 1.54) is 17.1 Å². The summed E-state index contributed by atoms with van der Waals surface area (Å²) in [5.74, 6) is -2.19. The Balaban J connectivity index is 1.77. The van der Waals surface area contributed by atoms with E-state index in [9.17, 15) is 18.9 Å². The van der Waals surface area contributed by atoms with Crippen LogP contribution in [0.2, 0.25) is 0 Å². The number of hydrogen-bond donors (Lipinski definition) is 2. The van der Waals surface area contributed by atoms with Crippen molar-refractivity contribution in [2.75, 3.05) is 11.1 Å². The second kappa shape index (κ2) is 8.57. The van der Waals surface area contributed by atoms with Crippen molar-refractivity contribution >= 4 is 28.4 Å². The van der Waals surface area contributed by atoms with Crippen LogP contribution in [0.15, 0.2) is 66.0 Å². The van der Waals surface area contributed by atoms with Gasteiger partial charge < -0.3 is 10.4 Å². The van der Waals surface area contributed by atoms with Gasteiger partial charge in [-0.3, -0.25) is 13.7 Å². The molecule has 28 heavy (non-hydrogen) atoms. The smallest absolute Gasteiger partial charge is 0.358 e. The number of hydrogen-bond acceptors (Lipinski definition) is 5. The number of carboxylic acid groups (broad SMARTS) is 1. The number of benzene rings is 1. The lowest BCUT2D eigenvalue weighted by molar-refractivity contribution is -0.113. The predicted molar refractivity (Wildman–Crippen MR) is 104 cm³/mol. The van der Waals surface area contributed by atoms with Gasteiger partial charge in [0.15, 0.2) is 5.69 Å². The molecule has 8 nitrogen and oxygen atoms in total. The first-order valence-electron chi connectivity index (χ1n) is 8.42. The van der Waals surface area contributed by atoms with Crippen molar-refractivity contribution in [1.29, 1.82) is 0 Å². The molecule has 0 saturated carbocycles. The van der Waals surface area contributed by atoms with Gasteiger partial charge in [-0.25, -0.2) is 9.78 Å². The number of carbonyl (C=O) groups is 2. The average Bonchev–Trinajstić information content (AvgIpc) is 3.12.